The zero-order valence-electron chi connectivity index (χ0n) is 20.9. The smallest absolute Gasteiger partial charge is 0.309 e. The lowest BCUT2D eigenvalue weighted by atomic mass is 9.33. The molecule has 4 nitrogen and oxygen atoms in total. The molecule has 1 aromatic rings. The number of phenolic OH excluding ortho intramolecular Hbond substituents is 2. The number of benzene rings is 1. The maximum Gasteiger partial charge on any atom is 0.309 e. The van der Waals surface area contributed by atoms with Crippen LogP contribution in [0.15, 0.2) is 18.2 Å². The number of fused-ring (bicyclic) bond motifs is 7. The van der Waals surface area contributed by atoms with E-state index in [1.54, 1.807) is 6.07 Å². The summed E-state index contributed by atoms with van der Waals surface area (Å²) in [7, 11) is 0. The Morgan fingerprint density at radius 3 is 2.36 bits per heavy atom. The second-order valence-corrected chi connectivity index (χ2v) is 12.7. The van der Waals surface area contributed by atoms with Gasteiger partial charge >= 0.3 is 5.97 Å². The number of rotatable bonds is 1. The van der Waals surface area contributed by atoms with Gasteiger partial charge in [-0.3, -0.25) is 4.79 Å². The Hall–Kier alpha value is -2.23. The summed E-state index contributed by atoms with van der Waals surface area (Å²) in [5.74, 6) is -0.434. The average molecular weight is 451 g/mol. The minimum atomic E-state index is -0.661. The Morgan fingerprint density at radius 1 is 1.03 bits per heavy atom. The van der Waals surface area contributed by atoms with Crippen molar-refractivity contribution in [2.45, 2.75) is 80.1 Å². The molecular weight excluding hydrogens is 412 g/mol. The topological polar surface area (TPSA) is 77.8 Å². The van der Waals surface area contributed by atoms with E-state index >= 15 is 0 Å². The minimum absolute atomic E-state index is 0.0365. The summed E-state index contributed by atoms with van der Waals surface area (Å²) in [6.07, 6.45) is 12.4. The Morgan fingerprint density at radius 2 is 1.70 bits per heavy atom. The fourth-order valence-corrected chi connectivity index (χ4v) is 8.43. The summed E-state index contributed by atoms with van der Waals surface area (Å²) in [5, 5.41) is 30.8. The largest absolute Gasteiger partial charge is 0.504 e. The molecule has 6 atom stereocenters. The van der Waals surface area contributed by atoms with Crippen LogP contribution in [0.2, 0.25) is 0 Å². The minimum Gasteiger partial charge on any atom is -0.504 e. The van der Waals surface area contributed by atoms with Crippen molar-refractivity contribution in [1.29, 1.82) is 0 Å². The third kappa shape index (κ3) is 2.56. The summed E-state index contributed by atoms with van der Waals surface area (Å²) in [4.78, 5) is 12.3. The molecule has 4 heteroatoms. The number of aromatic hydroxyl groups is 2. The third-order valence-electron chi connectivity index (χ3n) is 11.4. The zero-order chi connectivity index (χ0) is 24.2. The summed E-state index contributed by atoms with van der Waals surface area (Å²) in [6, 6.07) is 1.73. The van der Waals surface area contributed by atoms with Crippen LogP contribution in [0.5, 0.6) is 11.5 Å². The highest BCUT2D eigenvalue weighted by Gasteiger charge is 2.68. The van der Waals surface area contributed by atoms with Crippen LogP contribution in [-0.2, 0) is 4.79 Å². The molecule has 33 heavy (non-hydrogen) atoms. The van der Waals surface area contributed by atoms with Crippen molar-refractivity contribution in [3.8, 4) is 11.5 Å². The quantitative estimate of drug-likeness (QED) is 0.405. The first-order valence-corrected chi connectivity index (χ1v) is 12.4. The summed E-state index contributed by atoms with van der Waals surface area (Å²) < 4.78 is 0. The molecule has 4 aliphatic carbocycles. The van der Waals surface area contributed by atoms with Gasteiger partial charge in [0.05, 0.1) is 5.41 Å². The van der Waals surface area contributed by atoms with Crippen molar-refractivity contribution in [2.75, 3.05) is 0 Å². The number of aliphatic carboxylic acids is 1. The monoisotopic (exact) mass is 450 g/mol. The van der Waals surface area contributed by atoms with E-state index < -0.39 is 11.4 Å². The first-order valence-electron chi connectivity index (χ1n) is 12.4. The molecule has 2 saturated carbocycles. The summed E-state index contributed by atoms with van der Waals surface area (Å²) >= 11 is 0. The highest BCUT2D eigenvalue weighted by molar-refractivity contribution is 5.87. The molecule has 0 aromatic heterocycles. The van der Waals surface area contributed by atoms with Crippen molar-refractivity contribution < 1.29 is 20.1 Å². The maximum absolute atomic E-state index is 12.3. The molecule has 1 unspecified atom stereocenters. The second-order valence-electron chi connectivity index (χ2n) is 12.7. The van der Waals surface area contributed by atoms with Gasteiger partial charge in [-0.2, -0.15) is 0 Å². The van der Waals surface area contributed by atoms with Crippen LogP contribution in [0.3, 0.4) is 0 Å². The van der Waals surface area contributed by atoms with E-state index in [2.05, 4.69) is 45.9 Å². The molecule has 0 saturated heterocycles. The predicted octanol–water partition coefficient (Wildman–Crippen LogP) is 6.93. The molecule has 4 aliphatic rings. The number of hydrogen-bond acceptors (Lipinski definition) is 3. The summed E-state index contributed by atoms with van der Waals surface area (Å²) in [5.41, 5.74) is 3.13. The van der Waals surface area contributed by atoms with E-state index in [1.807, 2.05) is 13.8 Å². The number of carboxylic acid groups (broad SMARTS) is 1. The molecule has 5 rings (SSSR count). The van der Waals surface area contributed by atoms with Gasteiger partial charge in [-0.15, -0.1) is 0 Å². The SMILES string of the molecule is Cc1c(O)c(O)cc2c1C=C[C@]1(C)C2=CC[C@@]2(C)C3C[C@](C)(C(=O)O)CC[C@]3(C)CC[C@@]21C. The molecule has 2 fully saturated rings. The number of phenols is 2. The maximum atomic E-state index is 12.3. The number of carboxylic acids is 1. The number of allylic oxidation sites excluding steroid dienone is 3. The normalized spacial score (nSPS) is 43.6. The molecule has 0 radical (unpaired) electrons. The van der Waals surface area contributed by atoms with E-state index in [1.165, 1.54) is 5.57 Å². The fourth-order valence-electron chi connectivity index (χ4n) is 8.43. The van der Waals surface area contributed by atoms with Crippen LogP contribution in [0.25, 0.3) is 11.6 Å². The second kappa shape index (κ2) is 6.46. The molecular formula is C29H38O4. The van der Waals surface area contributed by atoms with Gasteiger partial charge in [-0.05, 0) is 97.3 Å². The Bertz CT molecular complexity index is 1130. The highest BCUT2D eigenvalue weighted by atomic mass is 16.4. The zero-order valence-corrected chi connectivity index (χ0v) is 20.9. The van der Waals surface area contributed by atoms with Crippen molar-refractivity contribution in [3.63, 3.8) is 0 Å². The predicted molar refractivity (Wildman–Crippen MR) is 131 cm³/mol. The molecule has 0 bridgehead atoms. The van der Waals surface area contributed by atoms with Gasteiger partial charge in [0.1, 0.15) is 0 Å². The summed E-state index contributed by atoms with van der Waals surface area (Å²) in [6.45, 7) is 13.4. The molecule has 1 aromatic carbocycles. The molecule has 3 N–H and O–H groups in total. The molecule has 0 amide bonds. The van der Waals surface area contributed by atoms with Crippen molar-refractivity contribution in [1.82, 2.24) is 0 Å². The van der Waals surface area contributed by atoms with E-state index in [4.69, 9.17) is 0 Å². The van der Waals surface area contributed by atoms with Crippen molar-refractivity contribution >= 4 is 17.6 Å². The van der Waals surface area contributed by atoms with Crippen LogP contribution in [-0.4, -0.2) is 21.3 Å². The van der Waals surface area contributed by atoms with Crippen LogP contribution in [0, 0.1) is 39.9 Å². The van der Waals surface area contributed by atoms with E-state index in [0.717, 1.165) is 49.7 Å². The lowest BCUT2D eigenvalue weighted by Gasteiger charge is -2.70. The van der Waals surface area contributed by atoms with Gasteiger partial charge in [0.2, 0.25) is 0 Å². The van der Waals surface area contributed by atoms with Crippen LogP contribution >= 0.6 is 0 Å². The standard InChI is InChI=1S/C29H38O4/c1-17-18-7-9-27(4)20(19(18)15-21(30)23(17)31)8-10-28(5)22-16-26(3,24(32)33)12-11-25(22,2)13-14-29(27,28)6/h7-9,15,22,30-31H,10-14,16H2,1-6H3,(H,32,33)/t22?,25-,26-,27-,28+,29-/m1/s1. The van der Waals surface area contributed by atoms with E-state index in [9.17, 15) is 20.1 Å². The first kappa shape index (κ1) is 22.6. The number of hydrogen-bond donors (Lipinski definition) is 3. The molecule has 0 aliphatic heterocycles. The Balaban J connectivity index is 1.68. The van der Waals surface area contributed by atoms with Gasteiger partial charge in [-0.25, -0.2) is 0 Å². The van der Waals surface area contributed by atoms with Crippen LogP contribution in [0.4, 0.5) is 0 Å². The van der Waals surface area contributed by atoms with E-state index in [-0.39, 0.29) is 33.2 Å². The lowest BCUT2D eigenvalue weighted by Crippen LogP contribution is -2.63. The Kier molecular flexibility index (Phi) is 4.41. The molecule has 178 valence electrons. The Labute approximate surface area is 197 Å². The molecule has 0 spiro atoms. The van der Waals surface area contributed by atoms with Crippen molar-refractivity contribution in [3.05, 3.63) is 34.9 Å². The average Bonchev–Trinajstić information content (AvgIpc) is 2.75. The highest BCUT2D eigenvalue weighted by Crippen LogP contribution is 2.76. The van der Waals surface area contributed by atoms with E-state index in [0.29, 0.717) is 11.5 Å². The fraction of sp³-hybridized carbons (Fsp3) is 0.621. The third-order valence-corrected chi connectivity index (χ3v) is 11.4. The van der Waals surface area contributed by atoms with Gasteiger partial charge < -0.3 is 15.3 Å². The lowest BCUT2D eigenvalue weighted by molar-refractivity contribution is -0.188. The van der Waals surface area contributed by atoms with Crippen molar-refractivity contribution in [2.24, 2.45) is 33.0 Å². The van der Waals surface area contributed by atoms with Gasteiger partial charge in [0.25, 0.3) is 0 Å². The van der Waals surface area contributed by atoms with Gasteiger partial charge in [0, 0.05) is 11.0 Å². The van der Waals surface area contributed by atoms with Crippen LogP contribution < -0.4 is 0 Å². The molecule has 0 heterocycles. The van der Waals surface area contributed by atoms with Crippen LogP contribution in [0.1, 0.15) is 89.8 Å². The first-order chi connectivity index (χ1) is 15.2. The van der Waals surface area contributed by atoms with Gasteiger partial charge in [0.15, 0.2) is 11.5 Å². The number of carbonyl (C=O) groups is 1. The van der Waals surface area contributed by atoms with Gasteiger partial charge in [-0.1, -0.05) is 45.9 Å².